The third-order valence-electron chi connectivity index (χ3n) is 2.57. The van der Waals surface area contributed by atoms with Crippen molar-refractivity contribution in [2.75, 3.05) is 0 Å². The molecule has 0 amide bonds. The van der Waals surface area contributed by atoms with Gasteiger partial charge in [0.2, 0.25) is 0 Å². The van der Waals surface area contributed by atoms with Gasteiger partial charge in [0, 0.05) is 0 Å². The third kappa shape index (κ3) is 6.38. The summed E-state index contributed by atoms with van der Waals surface area (Å²) in [4.78, 5) is 0. The molecule has 0 N–H and O–H groups in total. The first-order chi connectivity index (χ1) is 8.81. The Morgan fingerprint density at radius 2 is 1.21 bits per heavy atom. The zero-order valence-corrected chi connectivity index (χ0v) is 13.2. The van der Waals surface area contributed by atoms with Gasteiger partial charge in [0.15, 0.2) is 0 Å². The number of hydrogen-bond donors (Lipinski definition) is 0. The minimum atomic E-state index is 0. The summed E-state index contributed by atoms with van der Waals surface area (Å²) < 4.78 is 0. The maximum absolute atomic E-state index is 3.69. The van der Waals surface area contributed by atoms with Crippen LogP contribution in [0.4, 0.5) is 0 Å². The second kappa shape index (κ2) is 10.6. The van der Waals surface area contributed by atoms with E-state index in [1.54, 1.807) is 0 Å². The van der Waals surface area contributed by atoms with Crippen LogP contribution in [0.1, 0.15) is 16.7 Å². The molecule has 0 heterocycles. The van der Waals surface area contributed by atoms with E-state index in [2.05, 4.69) is 37.4 Å². The minimum absolute atomic E-state index is 0. The molecule has 19 heavy (non-hydrogen) atoms. The van der Waals surface area contributed by atoms with E-state index in [1.807, 2.05) is 51.7 Å². The highest BCUT2D eigenvalue weighted by atomic mass is 35.5. The molecule has 0 nitrogen and oxygen atoms in total. The van der Waals surface area contributed by atoms with Crippen LogP contribution in [0, 0.1) is 0 Å². The molecule has 100 valence electrons. The van der Waals surface area contributed by atoms with Gasteiger partial charge in [-0.3, -0.25) is 0 Å². The Kier molecular flexibility index (Phi) is 9.80. The quantitative estimate of drug-likeness (QED) is 0.756. The Morgan fingerprint density at radius 3 is 1.53 bits per heavy atom. The largest absolute Gasteiger partial charge is 1.00 e. The van der Waals surface area contributed by atoms with Gasteiger partial charge in [-0.05, 0) is 25.9 Å². The second-order valence-corrected chi connectivity index (χ2v) is 4.27. The van der Waals surface area contributed by atoms with Crippen molar-refractivity contribution < 1.29 is 12.4 Å². The van der Waals surface area contributed by atoms with E-state index < -0.39 is 0 Å². The summed E-state index contributed by atoms with van der Waals surface area (Å²) in [6.45, 7) is 7.38. The van der Waals surface area contributed by atoms with Crippen LogP contribution in [-0.4, -0.2) is 0 Å². The first kappa shape index (κ1) is 17.6. The molecule has 0 aliphatic carbocycles. The monoisotopic (exact) mass is 290 g/mol. The zero-order chi connectivity index (χ0) is 13.2. The molecular weight excluding hydrogens is 271 g/mol. The SMILES string of the molecule is C=Cc1ccccc1C=C.[Cl-].[PH3+]Cc1ccccc1. The highest BCUT2D eigenvalue weighted by Crippen LogP contribution is 2.10. The summed E-state index contributed by atoms with van der Waals surface area (Å²) in [5, 5.41) is 0. The van der Waals surface area contributed by atoms with Crippen LogP contribution in [0.2, 0.25) is 0 Å². The average Bonchev–Trinajstić information content (AvgIpc) is 2.48. The van der Waals surface area contributed by atoms with Gasteiger partial charge in [0.25, 0.3) is 0 Å². The van der Waals surface area contributed by atoms with Gasteiger partial charge in [-0.1, -0.05) is 79.9 Å². The van der Waals surface area contributed by atoms with Crippen molar-refractivity contribution in [1.82, 2.24) is 0 Å². The molecule has 2 aromatic carbocycles. The summed E-state index contributed by atoms with van der Waals surface area (Å²) in [6, 6.07) is 18.5. The highest BCUT2D eigenvalue weighted by Gasteiger charge is 1.89. The number of rotatable bonds is 3. The maximum atomic E-state index is 3.69. The van der Waals surface area contributed by atoms with Crippen LogP contribution in [0.5, 0.6) is 0 Å². The van der Waals surface area contributed by atoms with E-state index in [0.717, 1.165) is 11.1 Å². The molecule has 1 unspecified atom stereocenters. The van der Waals surface area contributed by atoms with Crippen molar-refractivity contribution in [1.29, 1.82) is 0 Å². The van der Waals surface area contributed by atoms with Crippen molar-refractivity contribution in [2.45, 2.75) is 6.16 Å². The molecule has 0 spiro atoms. The Morgan fingerprint density at radius 1 is 0.789 bits per heavy atom. The van der Waals surface area contributed by atoms with Gasteiger partial charge in [0.05, 0.1) is 6.16 Å². The molecule has 2 heteroatoms. The maximum Gasteiger partial charge on any atom is 0.0774 e. The normalized spacial score (nSPS) is 8.63. The lowest BCUT2D eigenvalue weighted by molar-refractivity contribution is -0.00000350. The molecular formula is C17H20ClP. The summed E-state index contributed by atoms with van der Waals surface area (Å²) in [7, 11) is 1.98. The lowest BCUT2D eigenvalue weighted by Gasteiger charge is -1.96. The summed E-state index contributed by atoms with van der Waals surface area (Å²) in [5.74, 6) is 0. The molecule has 2 aromatic rings. The van der Waals surface area contributed by atoms with E-state index in [-0.39, 0.29) is 12.4 Å². The smallest absolute Gasteiger partial charge is 0.0774 e. The molecule has 0 bridgehead atoms. The predicted octanol–water partition coefficient (Wildman–Crippen LogP) is 1.77. The van der Waals surface area contributed by atoms with Crippen molar-refractivity contribution in [2.24, 2.45) is 0 Å². The highest BCUT2D eigenvalue weighted by molar-refractivity contribution is 7.15. The number of halogens is 1. The second-order valence-electron chi connectivity index (χ2n) is 3.77. The molecule has 2 rings (SSSR count). The van der Waals surface area contributed by atoms with Crippen molar-refractivity contribution >= 4 is 21.4 Å². The fourth-order valence-corrected chi connectivity index (χ4v) is 1.86. The lowest BCUT2D eigenvalue weighted by Crippen LogP contribution is -3.00. The van der Waals surface area contributed by atoms with Crippen LogP contribution < -0.4 is 12.4 Å². The van der Waals surface area contributed by atoms with Crippen molar-refractivity contribution in [3.8, 4) is 0 Å². The van der Waals surface area contributed by atoms with E-state index in [1.165, 1.54) is 11.7 Å². The van der Waals surface area contributed by atoms with E-state index in [9.17, 15) is 0 Å². The van der Waals surface area contributed by atoms with E-state index in [0.29, 0.717) is 0 Å². The van der Waals surface area contributed by atoms with E-state index in [4.69, 9.17) is 0 Å². The lowest BCUT2D eigenvalue weighted by atomic mass is 10.1. The number of benzene rings is 2. The van der Waals surface area contributed by atoms with Crippen molar-refractivity contribution in [3.05, 3.63) is 84.4 Å². The topological polar surface area (TPSA) is 0 Å². The number of hydrogen-bond acceptors (Lipinski definition) is 0. The predicted molar refractivity (Wildman–Crippen MR) is 87.9 cm³/mol. The van der Waals surface area contributed by atoms with Gasteiger partial charge in [-0.25, -0.2) is 0 Å². The van der Waals surface area contributed by atoms with Crippen LogP contribution in [0.3, 0.4) is 0 Å². The van der Waals surface area contributed by atoms with Gasteiger partial charge in [-0.2, -0.15) is 0 Å². The van der Waals surface area contributed by atoms with Gasteiger partial charge in [-0.15, -0.1) is 0 Å². The molecule has 0 fully saturated rings. The van der Waals surface area contributed by atoms with Crippen LogP contribution in [0.25, 0.3) is 12.2 Å². The Bertz CT molecular complexity index is 465. The molecule has 0 aromatic heterocycles. The van der Waals surface area contributed by atoms with Gasteiger partial charge >= 0.3 is 0 Å². The summed E-state index contributed by atoms with van der Waals surface area (Å²) in [5.41, 5.74) is 3.70. The van der Waals surface area contributed by atoms with Gasteiger partial charge < -0.3 is 12.4 Å². The Hall–Kier alpha value is -1.36. The van der Waals surface area contributed by atoms with Crippen LogP contribution in [0.15, 0.2) is 67.8 Å². The van der Waals surface area contributed by atoms with Gasteiger partial charge in [0.1, 0.15) is 0 Å². The van der Waals surface area contributed by atoms with Crippen molar-refractivity contribution in [3.63, 3.8) is 0 Å². The first-order valence-corrected chi connectivity index (χ1v) is 6.99. The standard InChI is InChI=1S/C10H10.C7H9P.ClH/c1-3-9-7-5-6-8-10(9)4-2;8-6-7-4-2-1-3-5-7;/h3-8H,1-2H2;1-5H,6,8H2;1H. The Balaban J connectivity index is 0.000000331. The third-order valence-corrected chi connectivity index (χ3v) is 3.14. The fraction of sp³-hybridized carbons (Fsp3) is 0.0588. The summed E-state index contributed by atoms with van der Waals surface area (Å²) in [6.07, 6.45) is 4.83. The first-order valence-electron chi connectivity index (χ1n) is 5.99. The molecule has 1 atom stereocenters. The Labute approximate surface area is 124 Å². The van der Waals surface area contributed by atoms with Crippen LogP contribution in [-0.2, 0) is 6.16 Å². The van der Waals surface area contributed by atoms with E-state index >= 15 is 0 Å². The molecule has 0 radical (unpaired) electrons. The minimum Gasteiger partial charge on any atom is -1.00 e. The molecule has 0 saturated heterocycles. The fourth-order valence-electron chi connectivity index (χ4n) is 1.53. The summed E-state index contributed by atoms with van der Waals surface area (Å²) >= 11 is 0. The molecule has 0 aliphatic rings. The van der Waals surface area contributed by atoms with Crippen LogP contribution >= 0.6 is 9.24 Å². The molecule has 0 saturated carbocycles. The zero-order valence-electron chi connectivity index (χ0n) is 11.1. The average molecular weight is 291 g/mol. The molecule has 0 aliphatic heterocycles.